The normalized spacial score (nSPS) is 19.7. The van der Waals surface area contributed by atoms with Crippen LogP contribution in [0.3, 0.4) is 0 Å². The van der Waals surface area contributed by atoms with E-state index in [4.69, 9.17) is 0 Å². The van der Waals surface area contributed by atoms with Crippen LogP contribution >= 0.6 is 0 Å². The minimum absolute atomic E-state index is 0.144. The molecule has 0 aliphatic heterocycles. The predicted octanol–water partition coefficient (Wildman–Crippen LogP) is 3.09. The Kier molecular flexibility index (Phi) is 6.13. The third kappa shape index (κ3) is 5.68. The van der Waals surface area contributed by atoms with Gasteiger partial charge in [0.15, 0.2) is 0 Å². The van der Waals surface area contributed by atoms with E-state index in [2.05, 4.69) is 22.8 Å². The van der Waals surface area contributed by atoms with Crippen LogP contribution in [0.15, 0.2) is 35.4 Å². The van der Waals surface area contributed by atoms with Crippen LogP contribution < -0.4 is 10.7 Å². The number of amides is 2. The van der Waals surface area contributed by atoms with Gasteiger partial charge in [0.25, 0.3) is 0 Å². The predicted molar refractivity (Wildman–Crippen MR) is 87.5 cm³/mol. The first-order valence-electron chi connectivity index (χ1n) is 7.82. The number of hydrogen-bond acceptors (Lipinski definition) is 3. The van der Waals surface area contributed by atoms with E-state index in [1.165, 1.54) is 6.42 Å². The van der Waals surface area contributed by atoms with E-state index in [1.54, 1.807) is 0 Å². The van der Waals surface area contributed by atoms with Gasteiger partial charge in [0.05, 0.1) is 0 Å². The second-order valence-electron chi connectivity index (χ2n) is 5.83. The average molecular weight is 301 g/mol. The van der Waals surface area contributed by atoms with Crippen LogP contribution in [-0.2, 0) is 9.59 Å². The first-order valence-corrected chi connectivity index (χ1v) is 7.82. The first kappa shape index (κ1) is 16.2. The number of hydrazone groups is 1. The molecule has 1 aliphatic carbocycles. The molecule has 0 saturated heterocycles. The van der Waals surface area contributed by atoms with Gasteiger partial charge in [0.1, 0.15) is 0 Å². The Morgan fingerprint density at radius 3 is 2.64 bits per heavy atom. The van der Waals surface area contributed by atoms with Crippen molar-refractivity contribution >= 4 is 23.2 Å². The van der Waals surface area contributed by atoms with Crippen LogP contribution in [0.5, 0.6) is 0 Å². The van der Waals surface area contributed by atoms with Crippen molar-refractivity contribution < 1.29 is 9.59 Å². The zero-order chi connectivity index (χ0) is 15.8. The lowest BCUT2D eigenvalue weighted by molar-refractivity contribution is -0.124. The van der Waals surface area contributed by atoms with E-state index in [1.807, 2.05) is 30.3 Å². The molecule has 0 spiro atoms. The third-order valence-corrected chi connectivity index (χ3v) is 3.72. The topological polar surface area (TPSA) is 70.6 Å². The number of carbonyl (C=O) groups excluding carboxylic acids is 2. The molecule has 1 saturated carbocycles. The van der Waals surface area contributed by atoms with Gasteiger partial charge in [0.2, 0.25) is 11.8 Å². The van der Waals surface area contributed by atoms with E-state index in [9.17, 15) is 9.59 Å². The largest absolute Gasteiger partial charge is 0.326 e. The van der Waals surface area contributed by atoms with E-state index < -0.39 is 0 Å². The molecule has 0 aromatic heterocycles. The van der Waals surface area contributed by atoms with Crippen LogP contribution in [0.4, 0.5) is 5.69 Å². The smallest absolute Gasteiger partial charge is 0.240 e. The maximum atomic E-state index is 11.7. The Hall–Kier alpha value is -2.17. The molecule has 0 unspecified atom stereocenters. The van der Waals surface area contributed by atoms with Crippen LogP contribution in [0, 0.1) is 5.92 Å². The van der Waals surface area contributed by atoms with Crippen molar-refractivity contribution in [3.8, 4) is 0 Å². The molecule has 1 atom stereocenters. The molecule has 2 amide bonds. The molecule has 1 aromatic carbocycles. The van der Waals surface area contributed by atoms with Gasteiger partial charge in [-0.2, -0.15) is 5.10 Å². The SMILES string of the molecule is C[C@@H]1CCCC(=NNC(=O)CCC(=O)Nc2ccccc2)C1. The Morgan fingerprint density at radius 1 is 1.18 bits per heavy atom. The Labute approximate surface area is 131 Å². The number of anilines is 1. The van der Waals surface area contributed by atoms with Crippen molar-refractivity contribution in [3.05, 3.63) is 30.3 Å². The van der Waals surface area contributed by atoms with Crippen molar-refractivity contribution in [3.63, 3.8) is 0 Å². The minimum atomic E-state index is -0.214. The van der Waals surface area contributed by atoms with Crippen LogP contribution in [0.25, 0.3) is 0 Å². The second-order valence-corrected chi connectivity index (χ2v) is 5.83. The van der Waals surface area contributed by atoms with Gasteiger partial charge in [-0.1, -0.05) is 25.1 Å². The number of para-hydroxylation sites is 1. The third-order valence-electron chi connectivity index (χ3n) is 3.72. The van der Waals surface area contributed by atoms with Gasteiger partial charge in [-0.3, -0.25) is 9.59 Å². The molecule has 0 heterocycles. The summed E-state index contributed by atoms with van der Waals surface area (Å²) < 4.78 is 0. The molecule has 5 heteroatoms. The van der Waals surface area contributed by atoms with E-state index >= 15 is 0 Å². The highest BCUT2D eigenvalue weighted by Crippen LogP contribution is 2.20. The van der Waals surface area contributed by atoms with Crippen LogP contribution in [0.1, 0.15) is 45.4 Å². The zero-order valence-electron chi connectivity index (χ0n) is 13.0. The fourth-order valence-electron chi connectivity index (χ4n) is 2.53. The Bertz CT molecular complexity index is 540. The Balaban J connectivity index is 1.69. The molecule has 22 heavy (non-hydrogen) atoms. The summed E-state index contributed by atoms with van der Waals surface area (Å²) in [6.45, 7) is 2.20. The fourth-order valence-corrected chi connectivity index (χ4v) is 2.53. The van der Waals surface area contributed by atoms with Gasteiger partial charge >= 0.3 is 0 Å². The summed E-state index contributed by atoms with van der Waals surface area (Å²) in [6, 6.07) is 9.21. The van der Waals surface area contributed by atoms with Crippen molar-refractivity contribution in [1.82, 2.24) is 5.43 Å². The summed E-state index contributed by atoms with van der Waals surface area (Å²) >= 11 is 0. The van der Waals surface area contributed by atoms with Crippen LogP contribution in [-0.4, -0.2) is 17.5 Å². The molecular weight excluding hydrogens is 278 g/mol. The summed E-state index contributed by atoms with van der Waals surface area (Å²) in [5.41, 5.74) is 4.36. The van der Waals surface area contributed by atoms with Gasteiger partial charge in [-0.15, -0.1) is 0 Å². The summed E-state index contributed by atoms with van der Waals surface area (Å²) in [6.07, 6.45) is 4.57. The molecule has 118 valence electrons. The average Bonchev–Trinajstić information content (AvgIpc) is 2.52. The van der Waals surface area contributed by atoms with E-state index in [-0.39, 0.29) is 24.7 Å². The molecule has 0 radical (unpaired) electrons. The lowest BCUT2D eigenvalue weighted by Crippen LogP contribution is -2.23. The molecule has 0 bridgehead atoms. The van der Waals surface area contributed by atoms with Gasteiger partial charge in [-0.25, -0.2) is 5.43 Å². The number of rotatable bonds is 5. The number of benzene rings is 1. The Morgan fingerprint density at radius 2 is 1.91 bits per heavy atom. The maximum absolute atomic E-state index is 11.7. The number of hydrogen-bond donors (Lipinski definition) is 2. The minimum Gasteiger partial charge on any atom is -0.326 e. The highest BCUT2D eigenvalue weighted by molar-refractivity contribution is 5.93. The molecule has 1 aliphatic rings. The maximum Gasteiger partial charge on any atom is 0.240 e. The lowest BCUT2D eigenvalue weighted by atomic mass is 9.89. The zero-order valence-corrected chi connectivity index (χ0v) is 13.0. The van der Waals surface area contributed by atoms with Crippen molar-refractivity contribution in [1.29, 1.82) is 0 Å². The van der Waals surface area contributed by atoms with Gasteiger partial charge < -0.3 is 5.32 Å². The molecule has 2 rings (SSSR count). The molecule has 2 N–H and O–H groups in total. The quantitative estimate of drug-likeness (QED) is 0.820. The number of carbonyl (C=O) groups is 2. The number of nitrogens with one attached hydrogen (secondary N) is 2. The highest BCUT2D eigenvalue weighted by Gasteiger charge is 2.14. The standard InChI is InChI=1S/C17H23N3O2/c1-13-6-5-9-15(12-13)19-20-17(22)11-10-16(21)18-14-7-3-2-4-8-14/h2-4,7-8,13H,5-6,9-12H2,1H3,(H,18,21)(H,20,22)/t13-/m1/s1. The fraction of sp³-hybridized carbons (Fsp3) is 0.471. The van der Waals surface area contributed by atoms with Gasteiger partial charge in [0, 0.05) is 24.2 Å². The van der Waals surface area contributed by atoms with Crippen molar-refractivity contribution in [2.75, 3.05) is 5.32 Å². The van der Waals surface area contributed by atoms with E-state index in [0.29, 0.717) is 5.92 Å². The lowest BCUT2D eigenvalue weighted by Gasteiger charge is -2.18. The second kappa shape index (κ2) is 8.32. The summed E-state index contributed by atoms with van der Waals surface area (Å²) in [7, 11) is 0. The molecule has 1 fully saturated rings. The molecule has 1 aromatic rings. The molecular formula is C17H23N3O2. The van der Waals surface area contributed by atoms with Gasteiger partial charge in [-0.05, 0) is 43.7 Å². The summed E-state index contributed by atoms with van der Waals surface area (Å²) in [5.74, 6) is 0.260. The monoisotopic (exact) mass is 301 g/mol. The molecule has 5 nitrogen and oxygen atoms in total. The van der Waals surface area contributed by atoms with Crippen molar-refractivity contribution in [2.24, 2.45) is 11.0 Å². The summed E-state index contributed by atoms with van der Waals surface area (Å²) in [5, 5.41) is 6.93. The van der Waals surface area contributed by atoms with Crippen molar-refractivity contribution in [2.45, 2.75) is 45.4 Å². The van der Waals surface area contributed by atoms with Crippen LogP contribution in [0.2, 0.25) is 0 Å². The highest BCUT2D eigenvalue weighted by atomic mass is 16.2. The number of nitrogens with zero attached hydrogens (tertiary/aromatic N) is 1. The summed E-state index contributed by atoms with van der Waals surface area (Å²) in [4.78, 5) is 23.5. The first-order chi connectivity index (χ1) is 10.6. The van der Waals surface area contributed by atoms with E-state index in [0.717, 1.165) is 30.7 Å².